The highest BCUT2D eigenvalue weighted by Crippen LogP contribution is 2.33. The highest BCUT2D eigenvalue weighted by molar-refractivity contribution is 7.99. The molecule has 1 aromatic heterocycles. The molecule has 1 N–H and O–H groups in total. The number of aryl methyl sites for hydroxylation is 2. The molecule has 0 aliphatic carbocycles. The lowest BCUT2D eigenvalue weighted by Crippen LogP contribution is -2.11. The number of nitrogens with one attached hydrogen (secondary N) is 1. The molecular formula is C14H18ClN3S. The molecule has 0 radical (unpaired) electrons. The summed E-state index contributed by atoms with van der Waals surface area (Å²) < 4.78 is 1.88. The highest BCUT2D eigenvalue weighted by Gasteiger charge is 2.08. The van der Waals surface area contributed by atoms with Gasteiger partial charge < -0.3 is 5.32 Å². The summed E-state index contributed by atoms with van der Waals surface area (Å²) in [6.07, 6.45) is 0. The van der Waals surface area contributed by atoms with E-state index in [2.05, 4.69) is 35.5 Å². The third-order valence-corrected chi connectivity index (χ3v) is 4.34. The van der Waals surface area contributed by atoms with Gasteiger partial charge in [0.1, 0.15) is 0 Å². The van der Waals surface area contributed by atoms with E-state index in [9.17, 15) is 0 Å². The summed E-state index contributed by atoms with van der Waals surface area (Å²) in [5.41, 5.74) is 2.22. The Morgan fingerprint density at radius 1 is 1.37 bits per heavy atom. The van der Waals surface area contributed by atoms with Crippen LogP contribution in [0.25, 0.3) is 0 Å². The van der Waals surface area contributed by atoms with Gasteiger partial charge in [-0.15, -0.1) is 0 Å². The first-order chi connectivity index (χ1) is 9.10. The van der Waals surface area contributed by atoms with Gasteiger partial charge in [-0.25, -0.2) is 0 Å². The van der Waals surface area contributed by atoms with Crippen LogP contribution in [0.4, 0.5) is 0 Å². The second-order valence-electron chi connectivity index (χ2n) is 4.39. The Hall–Kier alpha value is -0.970. The van der Waals surface area contributed by atoms with E-state index in [-0.39, 0.29) is 0 Å². The molecule has 5 heteroatoms. The van der Waals surface area contributed by atoms with Crippen molar-refractivity contribution in [3.8, 4) is 0 Å². The van der Waals surface area contributed by atoms with Gasteiger partial charge in [0.25, 0.3) is 0 Å². The van der Waals surface area contributed by atoms with Crippen molar-refractivity contribution < 1.29 is 0 Å². The maximum Gasteiger partial charge on any atom is 0.0987 e. The zero-order valence-corrected chi connectivity index (χ0v) is 13.0. The molecule has 0 bridgehead atoms. The number of hydrogen-bond acceptors (Lipinski definition) is 3. The molecule has 3 nitrogen and oxygen atoms in total. The molecule has 0 amide bonds. The number of aromatic nitrogens is 2. The molecule has 2 aromatic rings. The van der Waals surface area contributed by atoms with E-state index in [1.165, 1.54) is 5.56 Å². The van der Waals surface area contributed by atoms with Gasteiger partial charge in [-0.2, -0.15) is 5.10 Å². The molecule has 0 atom stereocenters. The van der Waals surface area contributed by atoms with Crippen LogP contribution >= 0.6 is 23.4 Å². The predicted octanol–water partition coefficient (Wildman–Crippen LogP) is 3.64. The number of nitrogens with zero attached hydrogens (tertiary/aromatic N) is 2. The number of hydrogen-bond donors (Lipinski definition) is 1. The average molecular weight is 296 g/mol. The van der Waals surface area contributed by atoms with Gasteiger partial charge in [0.05, 0.1) is 15.7 Å². The van der Waals surface area contributed by atoms with Crippen molar-refractivity contribution in [1.82, 2.24) is 15.1 Å². The Kier molecular flexibility index (Phi) is 4.91. The standard InChI is InChI=1S/C14H18ClN3S/c1-4-16-9-11-5-6-13(12(15)8-11)19-14-7-10(2)17-18(14)3/h5-8,16H,4,9H2,1-3H3. The molecule has 1 aromatic carbocycles. The summed E-state index contributed by atoms with van der Waals surface area (Å²) in [4.78, 5) is 1.06. The van der Waals surface area contributed by atoms with E-state index in [0.717, 1.165) is 33.7 Å². The molecule has 2 rings (SSSR count). The minimum atomic E-state index is 0.791. The van der Waals surface area contributed by atoms with Gasteiger partial charge in [-0.1, -0.05) is 36.4 Å². The fourth-order valence-corrected chi connectivity index (χ4v) is 3.04. The van der Waals surface area contributed by atoms with Gasteiger partial charge >= 0.3 is 0 Å². The summed E-state index contributed by atoms with van der Waals surface area (Å²) in [5, 5.41) is 9.52. The lowest BCUT2D eigenvalue weighted by Gasteiger charge is -2.07. The van der Waals surface area contributed by atoms with Crippen LogP contribution in [0.15, 0.2) is 34.2 Å². The average Bonchev–Trinajstić information content (AvgIpc) is 2.68. The molecule has 0 spiro atoms. The van der Waals surface area contributed by atoms with E-state index < -0.39 is 0 Å². The topological polar surface area (TPSA) is 29.9 Å². The van der Waals surface area contributed by atoms with Crippen molar-refractivity contribution in [3.05, 3.63) is 40.5 Å². The zero-order valence-electron chi connectivity index (χ0n) is 11.4. The first-order valence-corrected chi connectivity index (χ1v) is 7.47. The zero-order chi connectivity index (χ0) is 13.8. The molecule has 0 fully saturated rings. The summed E-state index contributed by atoms with van der Waals surface area (Å²) in [7, 11) is 1.95. The van der Waals surface area contributed by atoms with Gasteiger partial charge in [-0.3, -0.25) is 4.68 Å². The first kappa shape index (κ1) is 14.4. The first-order valence-electron chi connectivity index (χ1n) is 6.27. The van der Waals surface area contributed by atoms with Crippen molar-refractivity contribution in [1.29, 1.82) is 0 Å². The SMILES string of the molecule is CCNCc1ccc(Sc2cc(C)nn2C)c(Cl)c1. The van der Waals surface area contributed by atoms with Crippen LogP contribution < -0.4 is 5.32 Å². The summed E-state index contributed by atoms with van der Waals surface area (Å²) in [5.74, 6) is 0. The lowest BCUT2D eigenvalue weighted by molar-refractivity contribution is 0.692. The van der Waals surface area contributed by atoms with Gasteiger partial charge in [-0.05, 0) is 37.2 Å². The van der Waals surface area contributed by atoms with E-state index in [1.807, 2.05) is 24.7 Å². The monoisotopic (exact) mass is 295 g/mol. The highest BCUT2D eigenvalue weighted by atomic mass is 35.5. The van der Waals surface area contributed by atoms with Crippen molar-refractivity contribution in [2.24, 2.45) is 7.05 Å². The summed E-state index contributed by atoms with van der Waals surface area (Å²) >= 11 is 7.98. The number of rotatable bonds is 5. The van der Waals surface area contributed by atoms with Crippen LogP contribution in [0.5, 0.6) is 0 Å². The Morgan fingerprint density at radius 2 is 2.16 bits per heavy atom. The lowest BCUT2D eigenvalue weighted by atomic mass is 10.2. The van der Waals surface area contributed by atoms with E-state index in [0.29, 0.717) is 0 Å². The molecule has 0 aliphatic rings. The summed E-state index contributed by atoms with van der Waals surface area (Å²) in [6.45, 7) is 5.90. The fourth-order valence-electron chi connectivity index (χ4n) is 1.80. The van der Waals surface area contributed by atoms with Crippen LogP contribution in [0.1, 0.15) is 18.2 Å². The second kappa shape index (κ2) is 6.46. The van der Waals surface area contributed by atoms with Crippen LogP contribution in [0.2, 0.25) is 5.02 Å². The van der Waals surface area contributed by atoms with E-state index in [4.69, 9.17) is 11.6 Å². The quantitative estimate of drug-likeness (QED) is 0.913. The molecule has 19 heavy (non-hydrogen) atoms. The van der Waals surface area contributed by atoms with Gasteiger partial charge in [0, 0.05) is 18.5 Å². The Bertz CT molecular complexity index is 566. The normalized spacial score (nSPS) is 10.9. The van der Waals surface area contributed by atoms with E-state index >= 15 is 0 Å². The maximum absolute atomic E-state index is 6.34. The second-order valence-corrected chi connectivity index (χ2v) is 5.86. The fraction of sp³-hybridized carbons (Fsp3) is 0.357. The number of halogens is 1. The minimum Gasteiger partial charge on any atom is -0.313 e. The van der Waals surface area contributed by atoms with Gasteiger partial charge in [0.2, 0.25) is 0 Å². The Balaban J connectivity index is 2.15. The van der Waals surface area contributed by atoms with Gasteiger partial charge in [0.15, 0.2) is 0 Å². The molecule has 0 unspecified atom stereocenters. The molecule has 102 valence electrons. The number of benzene rings is 1. The van der Waals surface area contributed by atoms with Crippen LogP contribution in [0, 0.1) is 6.92 Å². The maximum atomic E-state index is 6.34. The van der Waals surface area contributed by atoms with Crippen molar-refractivity contribution in [2.75, 3.05) is 6.54 Å². The Morgan fingerprint density at radius 3 is 2.74 bits per heavy atom. The van der Waals surface area contributed by atoms with Crippen LogP contribution in [0.3, 0.4) is 0 Å². The third kappa shape index (κ3) is 3.75. The summed E-state index contributed by atoms with van der Waals surface area (Å²) in [6, 6.07) is 8.27. The van der Waals surface area contributed by atoms with E-state index in [1.54, 1.807) is 11.8 Å². The molecule has 1 heterocycles. The smallest absolute Gasteiger partial charge is 0.0987 e. The molecule has 0 aliphatic heterocycles. The van der Waals surface area contributed by atoms with Crippen molar-refractivity contribution >= 4 is 23.4 Å². The van der Waals surface area contributed by atoms with Crippen molar-refractivity contribution in [3.63, 3.8) is 0 Å². The third-order valence-electron chi connectivity index (χ3n) is 2.75. The van der Waals surface area contributed by atoms with Crippen molar-refractivity contribution in [2.45, 2.75) is 30.3 Å². The molecule has 0 saturated heterocycles. The van der Waals surface area contributed by atoms with Crippen LogP contribution in [-0.4, -0.2) is 16.3 Å². The molecule has 0 saturated carbocycles. The minimum absolute atomic E-state index is 0.791. The predicted molar refractivity (Wildman–Crippen MR) is 80.9 cm³/mol. The van der Waals surface area contributed by atoms with Crippen LogP contribution in [-0.2, 0) is 13.6 Å². The molecular weight excluding hydrogens is 278 g/mol. The Labute approximate surface area is 123 Å². The largest absolute Gasteiger partial charge is 0.313 e.